The largest absolute Gasteiger partial charge is 1.00 e. The highest BCUT2D eigenvalue weighted by molar-refractivity contribution is 5.97. The summed E-state index contributed by atoms with van der Waals surface area (Å²) in [7, 11) is 1.81. The SMILES string of the molecule is CCCCOC(=O)[C@@H](C(=O)OCC)n1cc[n+](C)c1.[Br-]. The van der Waals surface area contributed by atoms with E-state index in [4.69, 9.17) is 9.47 Å². The van der Waals surface area contributed by atoms with Crippen LogP contribution in [0.3, 0.4) is 0 Å². The first kappa shape index (κ1) is 18.6. The van der Waals surface area contributed by atoms with E-state index in [1.807, 2.05) is 6.92 Å². The average Bonchev–Trinajstić information content (AvgIpc) is 2.76. The summed E-state index contributed by atoms with van der Waals surface area (Å²) in [6.07, 6.45) is 6.73. The van der Waals surface area contributed by atoms with E-state index >= 15 is 0 Å². The fourth-order valence-corrected chi connectivity index (χ4v) is 1.58. The van der Waals surface area contributed by atoms with Crippen LogP contribution in [0.25, 0.3) is 0 Å². The van der Waals surface area contributed by atoms with E-state index in [-0.39, 0.29) is 23.6 Å². The van der Waals surface area contributed by atoms with Crippen LogP contribution >= 0.6 is 0 Å². The molecule has 1 rings (SSSR count). The number of rotatable bonds is 7. The molecule has 0 aromatic carbocycles. The number of unbranched alkanes of at least 4 members (excludes halogenated alkanes) is 1. The normalized spacial score (nSPS) is 11.3. The molecule has 1 aromatic heterocycles. The Kier molecular flexibility index (Phi) is 8.87. The van der Waals surface area contributed by atoms with Crippen molar-refractivity contribution in [1.82, 2.24) is 4.57 Å². The highest BCUT2D eigenvalue weighted by Crippen LogP contribution is 2.11. The van der Waals surface area contributed by atoms with E-state index in [2.05, 4.69) is 0 Å². The summed E-state index contributed by atoms with van der Waals surface area (Å²) >= 11 is 0. The Morgan fingerprint density at radius 3 is 2.40 bits per heavy atom. The summed E-state index contributed by atoms with van der Waals surface area (Å²) in [5.74, 6) is -1.18. The Morgan fingerprint density at radius 1 is 1.25 bits per heavy atom. The molecule has 20 heavy (non-hydrogen) atoms. The standard InChI is InChI=1S/C13H21N2O4.BrH/c1-4-6-9-19-13(17)11(12(16)18-5-2)15-8-7-14(3)10-15;/h7-8,10-11H,4-6,9H2,1-3H3;1H/q+1;/p-1/t11-;/m1./s1. The molecule has 0 spiro atoms. The number of hydrogen-bond acceptors (Lipinski definition) is 4. The second kappa shape index (κ2) is 9.52. The quantitative estimate of drug-likeness (QED) is 0.242. The summed E-state index contributed by atoms with van der Waals surface area (Å²) < 4.78 is 13.3. The third-order valence-corrected chi connectivity index (χ3v) is 2.56. The lowest BCUT2D eigenvalue weighted by atomic mass is 10.3. The van der Waals surface area contributed by atoms with Crippen LogP contribution in [-0.4, -0.2) is 29.7 Å². The first-order valence-corrected chi connectivity index (χ1v) is 6.46. The molecule has 7 heteroatoms. The van der Waals surface area contributed by atoms with Crippen LogP contribution in [0.4, 0.5) is 0 Å². The predicted molar refractivity (Wildman–Crippen MR) is 67.1 cm³/mol. The molecule has 6 nitrogen and oxygen atoms in total. The molecule has 0 aliphatic heterocycles. The van der Waals surface area contributed by atoms with Gasteiger partial charge < -0.3 is 26.5 Å². The van der Waals surface area contributed by atoms with E-state index in [1.54, 1.807) is 37.3 Å². The first-order chi connectivity index (χ1) is 9.10. The topological polar surface area (TPSA) is 61.4 Å². The van der Waals surface area contributed by atoms with Gasteiger partial charge in [0.1, 0.15) is 12.4 Å². The number of aromatic nitrogens is 2. The minimum Gasteiger partial charge on any atom is -1.00 e. The molecular weight excluding hydrogens is 328 g/mol. The zero-order valence-electron chi connectivity index (χ0n) is 12.0. The molecule has 0 unspecified atom stereocenters. The molecule has 0 bridgehead atoms. The van der Waals surface area contributed by atoms with Crippen molar-refractivity contribution in [2.45, 2.75) is 32.7 Å². The molecule has 0 saturated carbocycles. The maximum absolute atomic E-state index is 12.0. The summed E-state index contributed by atoms with van der Waals surface area (Å²) in [6, 6.07) is -1.07. The highest BCUT2D eigenvalue weighted by atomic mass is 79.9. The summed E-state index contributed by atoms with van der Waals surface area (Å²) in [6.45, 7) is 4.25. The van der Waals surface area contributed by atoms with Gasteiger partial charge in [0.15, 0.2) is 0 Å². The van der Waals surface area contributed by atoms with E-state index in [0.29, 0.717) is 6.61 Å². The van der Waals surface area contributed by atoms with Gasteiger partial charge in [-0.1, -0.05) is 13.3 Å². The number of carbonyl (C=O) groups is 2. The van der Waals surface area contributed by atoms with Gasteiger partial charge in [-0.05, 0) is 13.3 Å². The zero-order chi connectivity index (χ0) is 14.3. The molecular formula is C13H21BrN2O4. The lowest BCUT2D eigenvalue weighted by Gasteiger charge is -2.11. The fourth-order valence-electron chi connectivity index (χ4n) is 1.58. The highest BCUT2D eigenvalue weighted by Gasteiger charge is 2.35. The summed E-state index contributed by atoms with van der Waals surface area (Å²) in [5, 5.41) is 0. The minimum atomic E-state index is -1.07. The molecule has 0 saturated heterocycles. The molecule has 114 valence electrons. The molecule has 0 amide bonds. The monoisotopic (exact) mass is 348 g/mol. The number of aryl methyl sites for hydroxylation is 1. The van der Waals surface area contributed by atoms with Crippen LogP contribution in [0.2, 0.25) is 0 Å². The lowest BCUT2D eigenvalue weighted by Crippen LogP contribution is -3.00. The van der Waals surface area contributed by atoms with Crippen molar-refractivity contribution in [2.75, 3.05) is 13.2 Å². The number of ether oxygens (including phenoxy) is 2. The van der Waals surface area contributed by atoms with Crippen molar-refractivity contribution < 1.29 is 40.6 Å². The van der Waals surface area contributed by atoms with E-state index < -0.39 is 18.0 Å². The van der Waals surface area contributed by atoms with Gasteiger partial charge in [0.2, 0.25) is 6.33 Å². The van der Waals surface area contributed by atoms with Gasteiger partial charge in [-0.25, -0.2) is 18.7 Å². The van der Waals surface area contributed by atoms with Crippen molar-refractivity contribution in [1.29, 1.82) is 0 Å². The predicted octanol–water partition coefficient (Wildman–Crippen LogP) is -2.24. The van der Waals surface area contributed by atoms with E-state index in [9.17, 15) is 9.59 Å². The molecule has 0 radical (unpaired) electrons. The lowest BCUT2D eigenvalue weighted by molar-refractivity contribution is -0.671. The summed E-state index contributed by atoms with van der Waals surface area (Å²) in [4.78, 5) is 23.9. The van der Waals surface area contributed by atoms with Crippen molar-refractivity contribution in [3.05, 3.63) is 18.7 Å². The third-order valence-electron chi connectivity index (χ3n) is 2.56. The Hall–Kier alpha value is -1.37. The molecule has 0 aliphatic carbocycles. The van der Waals surface area contributed by atoms with Gasteiger partial charge in [0.05, 0.1) is 20.3 Å². The van der Waals surface area contributed by atoms with E-state index in [1.165, 1.54) is 4.57 Å². The molecule has 0 fully saturated rings. The zero-order valence-corrected chi connectivity index (χ0v) is 13.6. The molecule has 1 atom stereocenters. The van der Waals surface area contributed by atoms with Crippen LogP contribution in [0.15, 0.2) is 18.7 Å². The van der Waals surface area contributed by atoms with Crippen LogP contribution in [0.1, 0.15) is 32.7 Å². The van der Waals surface area contributed by atoms with Gasteiger partial charge >= 0.3 is 11.9 Å². The summed E-state index contributed by atoms with van der Waals surface area (Å²) in [5.41, 5.74) is 0. The van der Waals surface area contributed by atoms with Crippen molar-refractivity contribution in [2.24, 2.45) is 7.05 Å². The number of hydrogen-bond donors (Lipinski definition) is 0. The van der Waals surface area contributed by atoms with Crippen LogP contribution in [0.5, 0.6) is 0 Å². The van der Waals surface area contributed by atoms with E-state index in [0.717, 1.165) is 12.8 Å². The smallest absolute Gasteiger partial charge is 0.363 e. The fraction of sp³-hybridized carbons (Fsp3) is 0.615. The van der Waals surface area contributed by atoms with Crippen molar-refractivity contribution in [3.63, 3.8) is 0 Å². The van der Waals surface area contributed by atoms with Gasteiger partial charge in [0.25, 0.3) is 6.04 Å². The first-order valence-electron chi connectivity index (χ1n) is 6.46. The van der Waals surface area contributed by atoms with Gasteiger partial charge in [0, 0.05) is 0 Å². The second-order valence-corrected chi connectivity index (χ2v) is 4.20. The maximum Gasteiger partial charge on any atom is 0.363 e. The minimum absolute atomic E-state index is 0. The molecule has 0 aliphatic rings. The molecule has 1 aromatic rings. The molecule has 0 N–H and O–H groups in total. The van der Waals surface area contributed by atoms with Crippen LogP contribution in [0, 0.1) is 0 Å². The molecule has 1 heterocycles. The van der Waals surface area contributed by atoms with Gasteiger partial charge in [-0.15, -0.1) is 0 Å². The average molecular weight is 349 g/mol. The number of esters is 2. The van der Waals surface area contributed by atoms with Gasteiger partial charge in [-0.3, -0.25) is 0 Å². The van der Waals surface area contributed by atoms with Crippen molar-refractivity contribution in [3.8, 4) is 0 Å². The maximum atomic E-state index is 12.0. The number of carbonyl (C=O) groups excluding carboxylic acids is 2. The number of halogens is 1. The third kappa shape index (κ3) is 5.32. The Balaban J connectivity index is 0.00000361. The second-order valence-electron chi connectivity index (χ2n) is 4.20. The number of imidazole rings is 1. The van der Waals surface area contributed by atoms with Crippen molar-refractivity contribution >= 4 is 11.9 Å². The number of nitrogens with zero attached hydrogens (tertiary/aromatic N) is 2. The Bertz CT molecular complexity index is 434. The van der Waals surface area contributed by atoms with Crippen LogP contribution < -0.4 is 21.5 Å². The van der Waals surface area contributed by atoms with Crippen LogP contribution in [-0.2, 0) is 26.1 Å². The van der Waals surface area contributed by atoms with Gasteiger partial charge in [-0.2, -0.15) is 0 Å². The Labute approximate surface area is 129 Å². The Morgan fingerprint density at radius 2 is 1.90 bits per heavy atom.